The van der Waals surface area contributed by atoms with Crippen LogP contribution in [0.25, 0.3) is 5.70 Å². The van der Waals surface area contributed by atoms with Crippen LogP contribution >= 0.6 is 0 Å². The minimum atomic E-state index is 0.383. The molecule has 0 aromatic carbocycles. The number of morpholine rings is 1. The van der Waals surface area contributed by atoms with Crippen molar-refractivity contribution in [3.8, 4) is 0 Å². The van der Waals surface area contributed by atoms with Gasteiger partial charge in [0.2, 0.25) is 0 Å². The first-order valence-corrected chi connectivity index (χ1v) is 7.96. The zero-order chi connectivity index (χ0) is 14.2. The van der Waals surface area contributed by atoms with Crippen molar-refractivity contribution in [2.75, 3.05) is 26.3 Å². The Labute approximate surface area is 124 Å². The molecule has 0 spiro atoms. The molecule has 1 saturated heterocycles. The Balaban J connectivity index is 1.75. The molecule has 112 valence electrons. The van der Waals surface area contributed by atoms with Gasteiger partial charge in [-0.1, -0.05) is 0 Å². The number of aromatic nitrogens is 2. The number of aldehydes is 1. The van der Waals surface area contributed by atoms with E-state index in [2.05, 4.69) is 4.90 Å². The van der Waals surface area contributed by atoms with Crippen LogP contribution in [-0.2, 0) is 28.9 Å². The molecule has 2 heterocycles. The van der Waals surface area contributed by atoms with Crippen molar-refractivity contribution in [3.63, 3.8) is 0 Å². The van der Waals surface area contributed by atoms with Crippen LogP contribution < -0.4 is 0 Å². The Morgan fingerprint density at radius 2 is 2.00 bits per heavy atom. The number of fused-ring (bicyclic) bond motifs is 1. The van der Waals surface area contributed by atoms with Gasteiger partial charge in [0.15, 0.2) is 0 Å². The molecule has 5 nitrogen and oxygen atoms in total. The van der Waals surface area contributed by atoms with Crippen molar-refractivity contribution in [1.82, 2.24) is 14.7 Å². The average molecular weight is 287 g/mol. The largest absolute Gasteiger partial charge is 0.378 e. The van der Waals surface area contributed by atoms with Crippen molar-refractivity contribution < 1.29 is 9.53 Å². The second kappa shape index (κ2) is 5.30. The number of nitrogens with zero attached hydrogens (tertiary/aromatic N) is 3. The lowest BCUT2D eigenvalue weighted by Crippen LogP contribution is -2.35. The highest BCUT2D eigenvalue weighted by Crippen LogP contribution is 2.41. The van der Waals surface area contributed by atoms with Crippen LogP contribution in [0.3, 0.4) is 0 Å². The summed E-state index contributed by atoms with van der Waals surface area (Å²) in [6.07, 6.45) is 6.69. The van der Waals surface area contributed by atoms with Crippen LogP contribution in [-0.4, -0.2) is 47.3 Å². The van der Waals surface area contributed by atoms with E-state index in [0.717, 1.165) is 51.1 Å². The highest BCUT2D eigenvalue weighted by molar-refractivity contribution is 5.71. The van der Waals surface area contributed by atoms with Gasteiger partial charge >= 0.3 is 0 Å². The summed E-state index contributed by atoms with van der Waals surface area (Å²) in [6.45, 7) is 3.89. The number of carbonyl (C=O) groups is 1. The second-order valence-corrected chi connectivity index (χ2v) is 6.03. The van der Waals surface area contributed by atoms with Crippen molar-refractivity contribution in [2.45, 2.75) is 38.6 Å². The third kappa shape index (κ3) is 2.29. The van der Waals surface area contributed by atoms with Crippen LogP contribution in [0, 0.1) is 0 Å². The van der Waals surface area contributed by atoms with E-state index in [4.69, 9.17) is 9.84 Å². The standard InChI is InChI=1S/C16H21N3O2/c20-9-6-19-14-3-1-2-13(14)15(17-19)16(12-4-5-12)18-7-10-21-11-8-18/h9H,1-8,10-11H2. The van der Waals surface area contributed by atoms with E-state index in [1.54, 1.807) is 0 Å². The molecule has 0 bridgehead atoms. The van der Waals surface area contributed by atoms with Gasteiger partial charge in [0.1, 0.15) is 12.0 Å². The van der Waals surface area contributed by atoms with E-state index in [-0.39, 0.29) is 0 Å². The Bertz CT molecular complexity index is 591. The predicted octanol–water partition coefficient (Wildman–Crippen LogP) is 1.41. The molecule has 0 N–H and O–H groups in total. The molecule has 3 aliphatic rings. The van der Waals surface area contributed by atoms with Gasteiger partial charge in [-0.15, -0.1) is 0 Å². The van der Waals surface area contributed by atoms with Gasteiger partial charge in [-0.2, -0.15) is 5.10 Å². The van der Waals surface area contributed by atoms with Gasteiger partial charge in [0.25, 0.3) is 0 Å². The Kier molecular flexibility index (Phi) is 3.30. The molecule has 1 aromatic heterocycles. The maximum absolute atomic E-state index is 10.9. The molecule has 1 aromatic rings. The van der Waals surface area contributed by atoms with Gasteiger partial charge in [0, 0.05) is 24.3 Å². The summed E-state index contributed by atoms with van der Waals surface area (Å²) in [5.41, 5.74) is 6.70. The fourth-order valence-corrected chi connectivity index (χ4v) is 3.55. The first-order chi connectivity index (χ1) is 10.4. The van der Waals surface area contributed by atoms with Crippen molar-refractivity contribution in [3.05, 3.63) is 22.5 Å². The minimum Gasteiger partial charge on any atom is -0.378 e. The van der Waals surface area contributed by atoms with Gasteiger partial charge in [-0.05, 0) is 37.7 Å². The smallest absolute Gasteiger partial charge is 0.141 e. The van der Waals surface area contributed by atoms with E-state index in [1.165, 1.54) is 41.8 Å². The summed E-state index contributed by atoms with van der Waals surface area (Å²) in [6, 6.07) is 0. The van der Waals surface area contributed by atoms with Crippen LogP contribution in [0.2, 0.25) is 0 Å². The summed E-state index contributed by atoms with van der Waals surface area (Å²) < 4.78 is 7.41. The lowest BCUT2D eigenvalue weighted by Gasteiger charge is -2.30. The summed E-state index contributed by atoms with van der Waals surface area (Å²) in [7, 11) is 0. The van der Waals surface area contributed by atoms with Crippen LogP contribution in [0.5, 0.6) is 0 Å². The molecule has 1 saturated carbocycles. The van der Waals surface area contributed by atoms with Crippen LogP contribution in [0.4, 0.5) is 0 Å². The first kappa shape index (κ1) is 13.1. The van der Waals surface area contributed by atoms with Gasteiger partial charge < -0.3 is 14.4 Å². The van der Waals surface area contributed by atoms with Gasteiger partial charge in [0.05, 0.1) is 25.5 Å². The Hall–Kier alpha value is -1.62. The van der Waals surface area contributed by atoms with Crippen molar-refractivity contribution >= 4 is 12.0 Å². The summed E-state index contributed by atoms with van der Waals surface area (Å²) in [5.74, 6) is 0. The number of ether oxygens (including phenoxy) is 1. The lowest BCUT2D eigenvalue weighted by atomic mass is 10.1. The predicted molar refractivity (Wildman–Crippen MR) is 78.9 cm³/mol. The third-order valence-corrected chi connectivity index (χ3v) is 4.64. The molecule has 0 unspecified atom stereocenters. The topological polar surface area (TPSA) is 47.4 Å². The monoisotopic (exact) mass is 287 g/mol. The molecule has 21 heavy (non-hydrogen) atoms. The van der Waals surface area contributed by atoms with Crippen LogP contribution in [0.1, 0.15) is 36.2 Å². The maximum atomic E-state index is 10.9. The number of carbonyl (C=O) groups excluding carboxylic acids is 1. The third-order valence-electron chi connectivity index (χ3n) is 4.64. The molecule has 0 radical (unpaired) electrons. The zero-order valence-electron chi connectivity index (χ0n) is 12.3. The molecular formula is C16H21N3O2. The molecule has 1 aliphatic heterocycles. The molecule has 0 atom stereocenters. The molecule has 0 amide bonds. The lowest BCUT2D eigenvalue weighted by molar-refractivity contribution is -0.108. The summed E-state index contributed by atoms with van der Waals surface area (Å²) in [4.78, 5) is 13.3. The molecule has 5 heteroatoms. The second-order valence-electron chi connectivity index (χ2n) is 6.03. The molecular weight excluding hydrogens is 266 g/mol. The van der Waals surface area contributed by atoms with Crippen molar-refractivity contribution in [1.29, 1.82) is 0 Å². The number of rotatable bonds is 4. The van der Waals surface area contributed by atoms with Crippen molar-refractivity contribution in [2.24, 2.45) is 0 Å². The summed E-state index contributed by atoms with van der Waals surface area (Å²) in [5, 5.41) is 4.80. The Morgan fingerprint density at radius 1 is 1.19 bits per heavy atom. The van der Waals surface area contributed by atoms with Crippen LogP contribution in [0.15, 0.2) is 5.57 Å². The highest BCUT2D eigenvalue weighted by atomic mass is 16.5. The van der Waals surface area contributed by atoms with E-state index in [0.29, 0.717) is 6.54 Å². The van der Waals surface area contributed by atoms with E-state index in [9.17, 15) is 4.79 Å². The van der Waals surface area contributed by atoms with Gasteiger partial charge in [-0.3, -0.25) is 4.68 Å². The molecule has 4 rings (SSSR count). The summed E-state index contributed by atoms with van der Waals surface area (Å²) >= 11 is 0. The SMILES string of the molecule is O=CCn1nc(C(=C2CC2)N2CCOCC2)c2c1CCC2. The fourth-order valence-electron chi connectivity index (χ4n) is 3.55. The highest BCUT2D eigenvalue weighted by Gasteiger charge is 2.31. The van der Waals surface area contributed by atoms with E-state index < -0.39 is 0 Å². The van der Waals surface area contributed by atoms with E-state index in [1.807, 2.05) is 4.68 Å². The zero-order valence-corrected chi connectivity index (χ0v) is 12.3. The number of hydrogen-bond donors (Lipinski definition) is 0. The number of allylic oxidation sites excluding steroid dienone is 1. The minimum absolute atomic E-state index is 0.383. The Morgan fingerprint density at radius 3 is 2.71 bits per heavy atom. The fraction of sp³-hybridized carbons (Fsp3) is 0.625. The van der Waals surface area contributed by atoms with E-state index >= 15 is 0 Å². The maximum Gasteiger partial charge on any atom is 0.141 e. The normalized spacial score (nSPS) is 20.6. The average Bonchev–Trinajstić information content (AvgIpc) is 3.11. The molecule has 2 aliphatic carbocycles. The van der Waals surface area contributed by atoms with Gasteiger partial charge in [-0.25, -0.2) is 0 Å². The number of hydrogen-bond acceptors (Lipinski definition) is 4. The molecule has 2 fully saturated rings. The quantitative estimate of drug-likeness (QED) is 0.786. The first-order valence-electron chi connectivity index (χ1n) is 7.96.